The molecule has 0 aliphatic heterocycles. The minimum atomic E-state index is -4.29. The molecular formula is C12H16F3NO. The van der Waals surface area contributed by atoms with Crippen LogP contribution in [0.5, 0.6) is 0 Å². The summed E-state index contributed by atoms with van der Waals surface area (Å²) in [5.41, 5.74) is 7.51. The molecule has 1 aromatic carbocycles. The van der Waals surface area contributed by atoms with Crippen LogP contribution in [0.2, 0.25) is 0 Å². The van der Waals surface area contributed by atoms with Gasteiger partial charge in [0, 0.05) is 12.5 Å². The van der Waals surface area contributed by atoms with Gasteiger partial charge in [-0.15, -0.1) is 0 Å². The minimum Gasteiger partial charge on any atom is -0.371 e. The molecule has 2 nitrogen and oxygen atoms in total. The van der Waals surface area contributed by atoms with Gasteiger partial charge in [-0.25, -0.2) is 0 Å². The van der Waals surface area contributed by atoms with Gasteiger partial charge in [-0.2, -0.15) is 13.2 Å². The standard InChI is InChI=1S/C12H16F3NO/c1-9-3-2-4-10(5-9)11(6-16)7-17-8-12(13,14)15/h2-5,11H,6-8,16H2,1H3. The second-order valence-electron chi connectivity index (χ2n) is 3.98. The van der Waals surface area contributed by atoms with Gasteiger partial charge in [0.15, 0.2) is 0 Å². The zero-order chi connectivity index (χ0) is 12.9. The fourth-order valence-electron chi connectivity index (χ4n) is 1.54. The molecule has 0 saturated heterocycles. The van der Waals surface area contributed by atoms with E-state index in [0.29, 0.717) is 0 Å². The third-order valence-electron chi connectivity index (χ3n) is 2.38. The maximum atomic E-state index is 11.9. The molecule has 17 heavy (non-hydrogen) atoms. The number of hydrogen-bond donors (Lipinski definition) is 1. The molecule has 1 atom stereocenters. The van der Waals surface area contributed by atoms with Crippen LogP contribution >= 0.6 is 0 Å². The van der Waals surface area contributed by atoms with Gasteiger partial charge in [-0.3, -0.25) is 0 Å². The summed E-state index contributed by atoms with van der Waals surface area (Å²) in [5, 5.41) is 0. The summed E-state index contributed by atoms with van der Waals surface area (Å²) in [7, 11) is 0. The van der Waals surface area contributed by atoms with E-state index in [2.05, 4.69) is 4.74 Å². The van der Waals surface area contributed by atoms with Crippen molar-refractivity contribution in [1.29, 1.82) is 0 Å². The molecule has 0 amide bonds. The Labute approximate surface area is 98.6 Å². The van der Waals surface area contributed by atoms with Crippen LogP contribution in [-0.4, -0.2) is 25.9 Å². The van der Waals surface area contributed by atoms with E-state index in [1.807, 2.05) is 31.2 Å². The third-order valence-corrected chi connectivity index (χ3v) is 2.38. The zero-order valence-electron chi connectivity index (χ0n) is 9.63. The van der Waals surface area contributed by atoms with Gasteiger partial charge >= 0.3 is 6.18 Å². The molecule has 96 valence electrons. The van der Waals surface area contributed by atoms with E-state index >= 15 is 0 Å². The molecule has 0 bridgehead atoms. The summed E-state index contributed by atoms with van der Waals surface area (Å²) >= 11 is 0. The first-order chi connectivity index (χ1) is 7.92. The van der Waals surface area contributed by atoms with Gasteiger partial charge in [0.2, 0.25) is 0 Å². The first-order valence-corrected chi connectivity index (χ1v) is 5.33. The summed E-state index contributed by atoms with van der Waals surface area (Å²) < 4.78 is 40.4. The molecule has 0 aliphatic rings. The predicted molar refractivity (Wildman–Crippen MR) is 59.8 cm³/mol. The summed E-state index contributed by atoms with van der Waals surface area (Å²) in [4.78, 5) is 0. The van der Waals surface area contributed by atoms with Crippen molar-refractivity contribution in [2.24, 2.45) is 5.73 Å². The normalized spacial score (nSPS) is 13.7. The van der Waals surface area contributed by atoms with Crippen molar-refractivity contribution in [3.05, 3.63) is 35.4 Å². The molecular weight excluding hydrogens is 231 g/mol. The van der Waals surface area contributed by atoms with Crippen LogP contribution < -0.4 is 5.73 Å². The SMILES string of the molecule is Cc1cccc(C(CN)COCC(F)(F)F)c1. The number of aryl methyl sites for hydroxylation is 1. The van der Waals surface area contributed by atoms with Crippen LogP contribution in [0.25, 0.3) is 0 Å². The molecule has 0 aromatic heterocycles. The fourth-order valence-corrected chi connectivity index (χ4v) is 1.54. The van der Waals surface area contributed by atoms with E-state index in [9.17, 15) is 13.2 Å². The highest BCUT2D eigenvalue weighted by atomic mass is 19.4. The molecule has 0 fully saturated rings. The van der Waals surface area contributed by atoms with E-state index in [0.717, 1.165) is 11.1 Å². The lowest BCUT2D eigenvalue weighted by Crippen LogP contribution is -2.23. The first kappa shape index (κ1) is 14.0. The van der Waals surface area contributed by atoms with Crippen LogP contribution in [0.1, 0.15) is 17.0 Å². The number of rotatable bonds is 5. The molecule has 0 radical (unpaired) electrons. The van der Waals surface area contributed by atoms with E-state index in [1.54, 1.807) is 0 Å². The summed E-state index contributed by atoms with van der Waals surface area (Å²) in [6.45, 7) is 0.948. The largest absolute Gasteiger partial charge is 0.411 e. The van der Waals surface area contributed by atoms with Crippen molar-refractivity contribution in [2.45, 2.75) is 19.0 Å². The Bertz CT molecular complexity index is 352. The number of hydrogen-bond acceptors (Lipinski definition) is 2. The van der Waals surface area contributed by atoms with Gasteiger partial charge in [0.1, 0.15) is 6.61 Å². The average Bonchev–Trinajstić information content (AvgIpc) is 2.23. The van der Waals surface area contributed by atoms with Gasteiger partial charge in [0.05, 0.1) is 6.61 Å². The molecule has 5 heteroatoms. The maximum absolute atomic E-state index is 11.9. The van der Waals surface area contributed by atoms with Crippen molar-refractivity contribution >= 4 is 0 Å². The van der Waals surface area contributed by atoms with Gasteiger partial charge in [-0.1, -0.05) is 29.8 Å². The molecule has 1 rings (SSSR count). The van der Waals surface area contributed by atoms with Crippen LogP contribution in [0, 0.1) is 6.92 Å². The number of halogens is 3. The van der Waals surface area contributed by atoms with Crippen molar-refractivity contribution in [3.8, 4) is 0 Å². The lowest BCUT2D eigenvalue weighted by atomic mass is 9.98. The quantitative estimate of drug-likeness (QED) is 0.868. The summed E-state index contributed by atoms with van der Waals surface area (Å²) in [6, 6.07) is 7.54. The van der Waals surface area contributed by atoms with E-state index in [4.69, 9.17) is 5.73 Å². The molecule has 2 N–H and O–H groups in total. The number of ether oxygens (including phenoxy) is 1. The van der Waals surface area contributed by atoms with Crippen molar-refractivity contribution < 1.29 is 17.9 Å². The highest BCUT2D eigenvalue weighted by Gasteiger charge is 2.27. The summed E-state index contributed by atoms with van der Waals surface area (Å²) in [6.07, 6.45) is -4.29. The summed E-state index contributed by atoms with van der Waals surface area (Å²) in [5.74, 6) is -0.197. The topological polar surface area (TPSA) is 35.2 Å². The zero-order valence-corrected chi connectivity index (χ0v) is 9.63. The molecule has 0 heterocycles. The molecule has 1 aromatic rings. The number of benzene rings is 1. The smallest absolute Gasteiger partial charge is 0.371 e. The van der Waals surface area contributed by atoms with E-state index < -0.39 is 12.8 Å². The predicted octanol–water partition coefficient (Wildman–Crippen LogP) is 2.62. The lowest BCUT2D eigenvalue weighted by Gasteiger charge is -2.16. The average molecular weight is 247 g/mol. The molecule has 1 unspecified atom stereocenters. The Hall–Kier alpha value is -1.07. The van der Waals surface area contributed by atoms with Crippen LogP contribution in [0.3, 0.4) is 0 Å². The second kappa shape index (κ2) is 6.02. The van der Waals surface area contributed by atoms with Gasteiger partial charge in [0.25, 0.3) is 0 Å². The van der Waals surface area contributed by atoms with Crippen LogP contribution in [-0.2, 0) is 4.74 Å². The Morgan fingerprint density at radius 3 is 2.59 bits per heavy atom. The Morgan fingerprint density at radius 2 is 2.06 bits per heavy atom. The van der Waals surface area contributed by atoms with Crippen molar-refractivity contribution in [3.63, 3.8) is 0 Å². The van der Waals surface area contributed by atoms with Crippen molar-refractivity contribution in [1.82, 2.24) is 0 Å². The molecule has 0 saturated carbocycles. The van der Waals surface area contributed by atoms with E-state index in [1.165, 1.54) is 0 Å². The first-order valence-electron chi connectivity index (χ1n) is 5.33. The Kier molecular flexibility index (Phi) is 4.96. The monoisotopic (exact) mass is 247 g/mol. The number of nitrogens with two attached hydrogens (primary N) is 1. The molecule has 0 aliphatic carbocycles. The Balaban J connectivity index is 2.54. The minimum absolute atomic E-state index is 0.0144. The Morgan fingerprint density at radius 1 is 1.35 bits per heavy atom. The van der Waals surface area contributed by atoms with Crippen LogP contribution in [0.4, 0.5) is 13.2 Å². The van der Waals surface area contributed by atoms with Crippen LogP contribution in [0.15, 0.2) is 24.3 Å². The van der Waals surface area contributed by atoms with Gasteiger partial charge < -0.3 is 10.5 Å². The highest BCUT2D eigenvalue weighted by Crippen LogP contribution is 2.19. The fraction of sp³-hybridized carbons (Fsp3) is 0.500. The third kappa shape index (κ3) is 5.19. The number of alkyl halides is 3. The van der Waals surface area contributed by atoms with Gasteiger partial charge in [-0.05, 0) is 12.5 Å². The van der Waals surface area contributed by atoms with E-state index in [-0.39, 0.29) is 19.1 Å². The second-order valence-corrected chi connectivity index (χ2v) is 3.98. The lowest BCUT2D eigenvalue weighted by molar-refractivity contribution is -0.174. The van der Waals surface area contributed by atoms with Crippen molar-refractivity contribution in [2.75, 3.05) is 19.8 Å². The maximum Gasteiger partial charge on any atom is 0.411 e. The highest BCUT2D eigenvalue weighted by molar-refractivity contribution is 5.25. The molecule has 0 spiro atoms.